The molecule has 1 amide bonds. The van der Waals surface area contributed by atoms with Crippen molar-refractivity contribution in [2.75, 3.05) is 0 Å². The van der Waals surface area contributed by atoms with Gasteiger partial charge in [0.1, 0.15) is 12.1 Å². The van der Waals surface area contributed by atoms with Gasteiger partial charge in [0.25, 0.3) is 5.56 Å². The van der Waals surface area contributed by atoms with Gasteiger partial charge >= 0.3 is 0 Å². The first-order valence-electron chi connectivity index (χ1n) is 9.94. The molecule has 142 valence electrons. The van der Waals surface area contributed by atoms with Crippen molar-refractivity contribution < 1.29 is 4.79 Å². The third kappa shape index (κ3) is 2.99. The largest absolute Gasteiger partial charge is 0.331 e. The number of nitrogens with zero attached hydrogens (tertiary/aromatic N) is 4. The fourth-order valence-corrected chi connectivity index (χ4v) is 4.34. The summed E-state index contributed by atoms with van der Waals surface area (Å²) in [4.78, 5) is 28.0. The van der Waals surface area contributed by atoms with Crippen LogP contribution in [0.4, 0.5) is 0 Å². The third-order valence-corrected chi connectivity index (χ3v) is 5.82. The standard InChI is InChI=1S/C22H22N4O2/c27-21(14-25-22(28)18-9-3-4-10-19(18)23-24-25)26(16-12-13-16)20-11-5-7-15-6-1-2-8-17(15)20/h1-4,6,8-10,16,20H,5,7,11-14H2. The van der Waals surface area contributed by atoms with Crippen molar-refractivity contribution in [3.8, 4) is 0 Å². The summed E-state index contributed by atoms with van der Waals surface area (Å²) in [6.07, 6.45) is 5.17. The van der Waals surface area contributed by atoms with E-state index in [4.69, 9.17) is 0 Å². The maximum absolute atomic E-state index is 13.3. The van der Waals surface area contributed by atoms with Gasteiger partial charge in [0.05, 0.1) is 11.4 Å². The van der Waals surface area contributed by atoms with E-state index in [-0.39, 0.29) is 30.1 Å². The average molecular weight is 374 g/mol. The number of amides is 1. The minimum absolute atomic E-state index is 0.0455. The lowest BCUT2D eigenvalue weighted by Gasteiger charge is -2.36. The van der Waals surface area contributed by atoms with Gasteiger partial charge in [-0.1, -0.05) is 41.6 Å². The van der Waals surface area contributed by atoms with Crippen LogP contribution in [0.5, 0.6) is 0 Å². The van der Waals surface area contributed by atoms with Gasteiger partial charge in [-0.2, -0.15) is 0 Å². The molecule has 0 N–H and O–H groups in total. The Morgan fingerprint density at radius 2 is 1.86 bits per heavy atom. The number of rotatable bonds is 4. The summed E-state index contributed by atoms with van der Waals surface area (Å²) in [5.74, 6) is -0.0455. The predicted octanol–water partition coefficient (Wildman–Crippen LogP) is 2.86. The molecular formula is C22H22N4O2. The Hall–Kier alpha value is -3.02. The smallest absolute Gasteiger partial charge is 0.278 e. The maximum atomic E-state index is 13.3. The second kappa shape index (κ2) is 6.86. The Balaban J connectivity index is 1.47. The summed E-state index contributed by atoms with van der Waals surface area (Å²) < 4.78 is 1.20. The monoisotopic (exact) mass is 374 g/mol. The highest BCUT2D eigenvalue weighted by molar-refractivity contribution is 5.79. The Morgan fingerprint density at radius 3 is 2.71 bits per heavy atom. The number of hydrogen-bond acceptors (Lipinski definition) is 4. The quantitative estimate of drug-likeness (QED) is 0.704. The summed E-state index contributed by atoms with van der Waals surface area (Å²) in [5.41, 5.74) is 2.88. The Morgan fingerprint density at radius 1 is 1.07 bits per heavy atom. The van der Waals surface area contributed by atoms with Crippen LogP contribution in [-0.2, 0) is 17.8 Å². The minimum atomic E-state index is -0.265. The zero-order valence-corrected chi connectivity index (χ0v) is 15.6. The van der Waals surface area contributed by atoms with E-state index in [1.807, 2.05) is 17.0 Å². The van der Waals surface area contributed by atoms with E-state index < -0.39 is 0 Å². The molecule has 0 bridgehead atoms. The highest BCUT2D eigenvalue weighted by atomic mass is 16.2. The number of benzene rings is 2. The van der Waals surface area contributed by atoms with Gasteiger partial charge in [0.15, 0.2) is 0 Å². The van der Waals surface area contributed by atoms with E-state index >= 15 is 0 Å². The summed E-state index contributed by atoms with van der Waals surface area (Å²) in [6.45, 7) is -0.0637. The van der Waals surface area contributed by atoms with Crippen molar-refractivity contribution in [3.63, 3.8) is 0 Å². The molecule has 2 aromatic carbocycles. The first kappa shape index (κ1) is 17.1. The van der Waals surface area contributed by atoms with Gasteiger partial charge in [-0.05, 0) is 55.4 Å². The van der Waals surface area contributed by atoms with Crippen molar-refractivity contribution in [1.82, 2.24) is 19.9 Å². The van der Waals surface area contributed by atoms with E-state index in [2.05, 4.69) is 28.5 Å². The zero-order valence-electron chi connectivity index (χ0n) is 15.6. The highest BCUT2D eigenvalue weighted by Crippen LogP contribution is 2.40. The summed E-state index contributed by atoms with van der Waals surface area (Å²) in [6, 6.07) is 15.9. The number of aryl methyl sites for hydroxylation is 1. The molecule has 0 aliphatic heterocycles. The number of carbonyl (C=O) groups is 1. The van der Waals surface area contributed by atoms with E-state index in [0.717, 1.165) is 32.1 Å². The van der Waals surface area contributed by atoms with Gasteiger partial charge in [0, 0.05) is 6.04 Å². The molecule has 6 heteroatoms. The molecule has 1 aromatic heterocycles. The second-order valence-corrected chi connectivity index (χ2v) is 7.71. The highest BCUT2D eigenvalue weighted by Gasteiger charge is 2.39. The molecule has 1 fully saturated rings. The summed E-state index contributed by atoms with van der Waals surface area (Å²) >= 11 is 0. The van der Waals surface area contributed by atoms with Gasteiger partial charge < -0.3 is 4.90 Å². The van der Waals surface area contributed by atoms with Crippen LogP contribution in [0.25, 0.3) is 10.9 Å². The lowest BCUT2D eigenvalue weighted by atomic mass is 9.86. The normalized spacial score (nSPS) is 18.6. The average Bonchev–Trinajstić information content (AvgIpc) is 3.56. The zero-order chi connectivity index (χ0) is 19.1. The minimum Gasteiger partial charge on any atom is -0.331 e. The van der Waals surface area contributed by atoms with Gasteiger partial charge in [-0.15, -0.1) is 5.10 Å². The lowest BCUT2D eigenvalue weighted by molar-refractivity contribution is -0.135. The van der Waals surface area contributed by atoms with Crippen LogP contribution in [-0.4, -0.2) is 31.8 Å². The summed E-state index contributed by atoms with van der Waals surface area (Å²) in [5, 5.41) is 8.60. The van der Waals surface area contributed by atoms with Crippen LogP contribution in [0.2, 0.25) is 0 Å². The van der Waals surface area contributed by atoms with Crippen molar-refractivity contribution in [1.29, 1.82) is 0 Å². The van der Waals surface area contributed by atoms with Crippen LogP contribution in [0, 0.1) is 0 Å². The number of fused-ring (bicyclic) bond motifs is 2. The lowest BCUT2D eigenvalue weighted by Crippen LogP contribution is -2.42. The van der Waals surface area contributed by atoms with E-state index in [1.54, 1.807) is 18.2 Å². The van der Waals surface area contributed by atoms with Crippen LogP contribution in [0.1, 0.15) is 42.9 Å². The van der Waals surface area contributed by atoms with Gasteiger partial charge in [-0.3, -0.25) is 9.59 Å². The first-order valence-corrected chi connectivity index (χ1v) is 9.94. The molecule has 1 atom stereocenters. The molecule has 2 aliphatic rings. The van der Waals surface area contributed by atoms with Crippen molar-refractivity contribution in [2.45, 2.75) is 50.7 Å². The van der Waals surface area contributed by atoms with Crippen LogP contribution < -0.4 is 5.56 Å². The fourth-order valence-electron chi connectivity index (χ4n) is 4.34. The van der Waals surface area contributed by atoms with Crippen LogP contribution >= 0.6 is 0 Å². The molecule has 6 nitrogen and oxygen atoms in total. The predicted molar refractivity (Wildman–Crippen MR) is 106 cm³/mol. The Bertz CT molecular complexity index is 1100. The van der Waals surface area contributed by atoms with Crippen molar-refractivity contribution in [3.05, 3.63) is 70.0 Å². The number of hydrogen-bond donors (Lipinski definition) is 0. The number of aromatic nitrogens is 3. The molecule has 0 spiro atoms. The molecule has 2 aliphatic carbocycles. The number of carbonyl (C=O) groups excluding carboxylic acids is 1. The van der Waals surface area contributed by atoms with E-state index in [0.29, 0.717) is 10.9 Å². The molecule has 1 heterocycles. The summed E-state index contributed by atoms with van der Waals surface area (Å²) in [7, 11) is 0. The van der Waals surface area contributed by atoms with Crippen molar-refractivity contribution in [2.24, 2.45) is 0 Å². The van der Waals surface area contributed by atoms with Gasteiger partial charge in [-0.25, -0.2) is 4.68 Å². The van der Waals surface area contributed by atoms with Crippen molar-refractivity contribution >= 4 is 16.8 Å². The Labute approximate surface area is 162 Å². The maximum Gasteiger partial charge on any atom is 0.278 e. The molecule has 3 aromatic rings. The van der Waals surface area contributed by atoms with Gasteiger partial charge in [0.2, 0.25) is 5.91 Å². The first-order chi connectivity index (χ1) is 13.7. The molecule has 0 saturated heterocycles. The topological polar surface area (TPSA) is 68.1 Å². The second-order valence-electron chi connectivity index (χ2n) is 7.71. The molecule has 5 rings (SSSR count). The van der Waals surface area contributed by atoms with Crippen LogP contribution in [0.3, 0.4) is 0 Å². The van der Waals surface area contributed by atoms with E-state index in [9.17, 15) is 9.59 Å². The molecular weight excluding hydrogens is 352 g/mol. The molecule has 1 saturated carbocycles. The van der Waals surface area contributed by atoms with E-state index in [1.165, 1.54) is 15.8 Å². The molecule has 1 unspecified atom stereocenters. The van der Waals surface area contributed by atoms with Crippen LogP contribution in [0.15, 0.2) is 53.3 Å². The molecule has 0 radical (unpaired) electrons. The third-order valence-electron chi connectivity index (χ3n) is 5.82. The SMILES string of the molecule is O=C(Cn1nnc2ccccc2c1=O)N(C1CC1)C1CCCc2ccccc21. The Kier molecular flexibility index (Phi) is 4.19. The molecule has 28 heavy (non-hydrogen) atoms. The fraction of sp³-hybridized carbons (Fsp3) is 0.364.